The minimum absolute atomic E-state index is 0.344. The van der Waals surface area contributed by atoms with Crippen molar-refractivity contribution in [3.05, 3.63) is 28.2 Å². The van der Waals surface area contributed by atoms with Crippen LogP contribution in [0.5, 0.6) is 0 Å². The average molecular weight is 294 g/mol. The highest BCUT2D eigenvalue weighted by Gasteiger charge is 2.33. The lowest BCUT2D eigenvalue weighted by molar-refractivity contribution is 0.570. The van der Waals surface area contributed by atoms with Gasteiger partial charge in [-0.1, -0.05) is 15.9 Å². The lowest BCUT2D eigenvalue weighted by Gasteiger charge is -2.30. The molecule has 0 amide bonds. The maximum Gasteiger partial charge on any atom is 0.101 e. The highest BCUT2D eigenvalue weighted by molar-refractivity contribution is 9.10. The first-order valence-electron chi connectivity index (χ1n) is 5.80. The SMILES string of the molecule is CN(c1cc(Br)ccc1C#N)C(CN)C1CC1. The fourth-order valence-corrected chi connectivity index (χ4v) is 2.57. The van der Waals surface area contributed by atoms with Gasteiger partial charge in [0.2, 0.25) is 0 Å². The van der Waals surface area contributed by atoms with Crippen molar-refractivity contribution in [2.24, 2.45) is 11.7 Å². The predicted molar refractivity (Wildman–Crippen MR) is 72.8 cm³/mol. The molecule has 90 valence electrons. The minimum Gasteiger partial charge on any atom is -0.369 e. The van der Waals surface area contributed by atoms with Gasteiger partial charge in [0.05, 0.1) is 11.3 Å². The van der Waals surface area contributed by atoms with Gasteiger partial charge < -0.3 is 10.6 Å². The number of likely N-dealkylation sites (N-methyl/N-ethyl adjacent to an activating group) is 1. The molecule has 0 spiro atoms. The van der Waals surface area contributed by atoms with Gasteiger partial charge in [0, 0.05) is 24.1 Å². The zero-order valence-corrected chi connectivity index (χ0v) is 11.4. The Bertz CT molecular complexity index is 448. The number of nitrogens with zero attached hydrogens (tertiary/aromatic N) is 2. The van der Waals surface area contributed by atoms with Crippen LogP contribution in [0.2, 0.25) is 0 Å². The molecule has 17 heavy (non-hydrogen) atoms. The molecule has 0 saturated heterocycles. The average Bonchev–Trinajstić information content (AvgIpc) is 3.14. The van der Waals surface area contributed by atoms with E-state index in [0.717, 1.165) is 10.2 Å². The number of hydrogen-bond donors (Lipinski definition) is 1. The number of nitrogens with two attached hydrogens (primary N) is 1. The topological polar surface area (TPSA) is 53.0 Å². The van der Waals surface area contributed by atoms with E-state index in [9.17, 15) is 0 Å². The van der Waals surface area contributed by atoms with Crippen LogP contribution in [0, 0.1) is 17.2 Å². The van der Waals surface area contributed by atoms with Crippen molar-refractivity contribution >= 4 is 21.6 Å². The van der Waals surface area contributed by atoms with E-state index in [2.05, 4.69) is 26.9 Å². The molecule has 0 radical (unpaired) electrons. The summed E-state index contributed by atoms with van der Waals surface area (Å²) in [4.78, 5) is 2.15. The van der Waals surface area contributed by atoms with E-state index in [1.165, 1.54) is 12.8 Å². The normalized spacial score (nSPS) is 16.4. The van der Waals surface area contributed by atoms with Gasteiger partial charge in [-0.15, -0.1) is 0 Å². The van der Waals surface area contributed by atoms with Gasteiger partial charge in [-0.25, -0.2) is 0 Å². The lowest BCUT2D eigenvalue weighted by Crippen LogP contribution is -2.40. The van der Waals surface area contributed by atoms with Crippen LogP contribution in [0.4, 0.5) is 5.69 Å². The largest absolute Gasteiger partial charge is 0.369 e. The summed E-state index contributed by atoms with van der Waals surface area (Å²) in [6.07, 6.45) is 2.50. The maximum atomic E-state index is 9.14. The molecule has 1 atom stereocenters. The van der Waals surface area contributed by atoms with Crippen LogP contribution in [-0.2, 0) is 0 Å². The van der Waals surface area contributed by atoms with Crippen molar-refractivity contribution < 1.29 is 0 Å². The zero-order chi connectivity index (χ0) is 12.4. The van der Waals surface area contributed by atoms with Crippen LogP contribution in [0.3, 0.4) is 0 Å². The Morgan fingerprint density at radius 2 is 2.29 bits per heavy atom. The quantitative estimate of drug-likeness (QED) is 0.928. The zero-order valence-electron chi connectivity index (χ0n) is 9.86. The first-order chi connectivity index (χ1) is 8.17. The molecule has 0 heterocycles. The molecule has 1 aliphatic rings. The smallest absolute Gasteiger partial charge is 0.101 e. The Morgan fingerprint density at radius 3 is 2.82 bits per heavy atom. The molecule has 3 nitrogen and oxygen atoms in total. The molecule has 0 bridgehead atoms. The van der Waals surface area contributed by atoms with E-state index in [1.807, 2.05) is 25.2 Å². The molecule has 2 N–H and O–H groups in total. The van der Waals surface area contributed by atoms with E-state index in [1.54, 1.807) is 0 Å². The first-order valence-corrected chi connectivity index (χ1v) is 6.59. The summed E-state index contributed by atoms with van der Waals surface area (Å²) < 4.78 is 0.991. The monoisotopic (exact) mass is 293 g/mol. The van der Waals surface area contributed by atoms with Crippen molar-refractivity contribution in [1.82, 2.24) is 0 Å². The molecule has 1 aromatic rings. The van der Waals surface area contributed by atoms with Crippen molar-refractivity contribution in [2.75, 3.05) is 18.5 Å². The molecule has 4 heteroatoms. The third kappa shape index (κ3) is 2.62. The van der Waals surface area contributed by atoms with Gasteiger partial charge in [0.25, 0.3) is 0 Å². The molecule has 1 fully saturated rings. The van der Waals surface area contributed by atoms with Gasteiger partial charge in [-0.3, -0.25) is 0 Å². The Balaban J connectivity index is 2.31. The van der Waals surface area contributed by atoms with E-state index in [0.29, 0.717) is 24.1 Å². The van der Waals surface area contributed by atoms with E-state index < -0.39 is 0 Å². The summed E-state index contributed by atoms with van der Waals surface area (Å²) in [5, 5.41) is 9.14. The fourth-order valence-electron chi connectivity index (χ4n) is 2.22. The highest BCUT2D eigenvalue weighted by Crippen LogP contribution is 2.37. The van der Waals surface area contributed by atoms with E-state index >= 15 is 0 Å². The summed E-state index contributed by atoms with van der Waals surface area (Å²) in [5.74, 6) is 0.690. The minimum atomic E-state index is 0.344. The number of anilines is 1. The predicted octanol–water partition coefficient (Wildman–Crippen LogP) is 2.49. The first kappa shape index (κ1) is 12.4. The molecule has 1 saturated carbocycles. The van der Waals surface area contributed by atoms with Crippen LogP contribution in [0.1, 0.15) is 18.4 Å². The van der Waals surface area contributed by atoms with E-state index in [4.69, 9.17) is 11.0 Å². The van der Waals surface area contributed by atoms with Crippen molar-refractivity contribution in [3.63, 3.8) is 0 Å². The summed E-state index contributed by atoms with van der Waals surface area (Å²) in [6.45, 7) is 0.637. The second-order valence-corrected chi connectivity index (χ2v) is 5.44. The van der Waals surface area contributed by atoms with Crippen molar-refractivity contribution in [3.8, 4) is 6.07 Å². The standard InChI is InChI=1S/C13H16BrN3/c1-17(13(8-16)9-2-3-9)12-6-11(14)5-4-10(12)7-15/h4-6,9,13H,2-3,8,16H2,1H3. The Hall–Kier alpha value is -1.05. The van der Waals surface area contributed by atoms with Gasteiger partial charge in [0.15, 0.2) is 0 Å². The second-order valence-electron chi connectivity index (χ2n) is 4.52. The fraction of sp³-hybridized carbons (Fsp3) is 0.462. The molecule has 2 rings (SSSR count). The molecule has 0 aromatic heterocycles. The third-order valence-electron chi connectivity index (χ3n) is 3.37. The van der Waals surface area contributed by atoms with Gasteiger partial charge in [0.1, 0.15) is 6.07 Å². The van der Waals surface area contributed by atoms with Gasteiger partial charge >= 0.3 is 0 Å². The molecule has 1 unspecified atom stereocenters. The number of benzene rings is 1. The number of halogens is 1. The Labute approximate surface area is 110 Å². The Morgan fingerprint density at radius 1 is 1.59 bits per heavy atom. The third-order valence-corrected chi connectivity index (χ3v) is 3.86. The van der Waals surface area contributed by atoms with Crippen LogP contribution >= 0.6 is 15.9 Å². The summed E-state index contributed by atoms with van der Waals surface area (Å²) in [6, 6.07) is 8.31. The van der Waals surface area contributed by atoms with Crippen molar-refractivity contribution in [2.45, 2.75) is 18.9 Å². The maximum absolute atomic E-state index is 9.14. The molecule has 0 aliphatic heterocycles. The summed E-state index contributed by atoms with van der Waals surface area (Å²) in [7, 11) is 2.03. The van der Waals surface area contributed by atoms with Crippen LogP contribution < -0.4 is 10.6 Å². The van der Waals surface area contributed by atoms with Crippen LogP contribution in [0.25, 0.3) is 0 Å². The number of hydrogen-bond acceptors (Lipinski definition) is 3. The van der Waals surface area contributed by atoms with Gasteiger partial charge in [-0.2, -0.15) is 5.26 Å². The molecule has 1 aromatic carbocycles. The Kier molecular flexibility index (Phi) is 3.70. The van der Waals surface area contributed by atoms with Crippen LogP contribution in [-0.4, -0.2) is 19.6 Å². The molecular formula is C13H16BrN3. The van der Waals surface area contributed by atoms with Crippen LogP contribution in [0.15, 0.2) is 22.7 Å². The molecular weight excluding hydrogens is 278 g/mol. The summed E-state index contributed by atoms with van der Waals surface area (Å²) >= 11 is 3.45. The lowest BCUT2D eigenvalue weighted by atomic mass is 10.1. The highest BCUT2D eigenvalue weighted by atomic mass is 79.9. The molecule has 1 aliphatic carbocycles. The number of rotatable bonds is 4. The number of nitriles is 1. The second kappa shape index (κ2) is 5.07. The van der Waals surface area contributed by atoms with Gasteiger partial charge in [-0.05, 0) is 37.0 Å². The van der Waals surface area contributed by atoms with E-state index in [-0.39, 0.29) is 0 Å². The van der Waals surface area contributed by atoms with Crippen molar-refractivity contribution in [1.29, 1.82) is 5.26 Å². The summed E-state index contributed by atoms with van der Waals surface area (Å²) in [5.41, 5.74) is 7.51.